The van der Waals surface area contributed by atoms with Gasteiger partial charge in [0.2, 0.25) is 0 Å². The van der Waals surface area contributed by atoms with E-state index in [0.29, 0.717) is 18.2 Å². The largest absolute Gasteiger partial charge is 0.484 e. The summed E-state index contributed by atoms with van der Waals surface area (Å²) in [5.41, 5.74) is 5.69. The van der Waals surface area contributed by atoms with Crippen molar-refractivity contribution in [2.75, 3.05) is 13.2 Å². The number of nitrogens with two attached hydrogens (primary N) is 1. The maximum atomic E-state index is 11.8. The fraction of sp³-hybridized carbons (Fsp3) is 0.500. The number of amides is 1. The molecule has 6 heteroatoms. The van der Waals surface area contributed by atoms with E-state index in [4.69, 9.17) is 10.5 Å². The van der Waals surface area contributed by atoms with Crippen molar-refractivity contribution < 1.29 is 9.53 Å². The van der Waals surface area contributed by atoms with Crippen LogP contribution in [-0.2, 0) is 4.79 Å². The number of halogens is 2. The highest BCUT2D eigenvalue weighted by Crippen LogP contribution is 2.24. The van der Waals surface area contributed by atoms with Crippen LogP contribution < -0.4 is 15.8 Å². The number of hydrogen-bond donors (Lipinski definition) is 2. The fourth-order valence-electron chi connectivity index (χ4n) is 2.46. The van der Waals surface area contributed by atoms with Gasteiger partial charge in [0.1, 0.15) is 5.75 Å². The maximum absolute atomic E-state index is 11.8. The van der Waals surface area contributed by atoms with Crippen LogP contribution in [0.25, 0.3) is 0 Å². The highest BCUT2D eigenvalue weighted by atomic mass is 79.9. The first kappa shape index (κ1) is 17.3. The predicted molar refractivity (Wildman–Crippen MR) is 85.2 cm³/mol. The molecule has 1 aliphatic carbocycles. The molecule has 2 atom stereocenters. The Labute approximate surface area is 134 Å². The normalized spacial score (nSPS) is 21.1. The van der Waals surface area contributed by atoms with Crippen LogP contribution in [0.2, 0.25) is 0 Å². The summed E-state index contributed by atoms with van der Waals surface area (Å²) in [4.78, 5) is 11.8. The molecular weight excluding hydrogens is 344 g/mol. The molecule has 1 aliphatic rings. The molecule has 0 aromatic heterocycles. The van der Waals surface area contributed by atoms with Crippen LogP contribution in [0.1, 0.15) is 19.3 Å². The lowest BCUT2D eigenvalue weighted by atomic mass is 10.0. The summed E-state index contributed by atoms with van der Waals surface area (Å²) in [6.07, 6.45) is 3.26. The average Bonchev–Trinajstić information content (AvgIpc) is 2.84. The Hall–Kier alpha value is -0.780. The highest BCUT2D eigenvalue weighted by Gasteiger charge is 2.27. The summed E-state index contributed by atoms with van der Waals surface area (Å²) in [7, 11) is 0. The van der Waals surface area contributed by atoms with E-state index >= 15 is 0 Å². The zero-order chi connectivity index (χ0) is 13.7. The second kappa shape index (κ2) is 8.49. The van der Waals surface area contributed by atoms with Gasteiger partial charge in [-0.15, -0.1) is 12.4 Å². The first-order chi connectivity index (χ1) is 9.19. The van der Waals surface area contributed by atoms with Gasteiger partial charge in [0, 0.05) is 10.5 Å². The van der Waals surface area contributed by atoms with Crippen molar-refractivity contribution in [1.29, 1.82) is 0 Å². The van der Waals surface area contributed by atoms with E-state index in [-0.39, 0.29) is 31.0 Å². The first-order valence-corrected chi connectivity index (χ1v) is 7.36. The summed E-state index contributed by atoms with van der Waals surface area (Å²) < 4.78 is 6.39. The average molecular weight is 364 g/mol. The number of nitrogens with one attached hydrogen (secondary N) is 1. The van der Waals surface area contributed by atoms with Gasteiger partial charge in [-0.3, -0.25) is 4.79 Å². The van der Waals surface area contributed by atoms with E-state index < -0.39 is 0 Å². The standard InChI is InChI=1S/C14H19BrN2O2.ClH/c15-11-4-2-5-12(7-11)19-9-14(18)17-13-6-1-3-10(13)8-16;/h2,4-5,7,10,13H,1,3,6,8-9,16H2,(H,17,18);1H. The predicted octanol–water partition coefficient (Wildman–Crippen LogP) is 2.49. The lowest BCUT2D eigenvalue weighted by Crippen LogP contribution is -2.42. The minimum Gasteiger partial charge on any atom is -0.484 e. The molecule has 20 heavy (non-hydrogen) atoms. The van der Waals surface area contributed by atoms with Gasteiger partial charge in [-0.1, -0.05) is 28.4 Å². The van der Waals surface area contributed by atoms with Crippen LogP contribution >= 0.6 is 28.3 Å². The number of ether oxygens (including phenoxy) is 1. The van der Waals surface area contributed by atoms with E-state index in [2.05, 4.69) is 21.2 Å². The number of carbonyl (C=O) groups excluding carboxylic acids is 1. The Balaban J connectivity index is 0.00000200. The molecule has 4 nitrogen and oxygen atoms in total. The van der Waals surface area contributed by atoms with Gasteiger partial charge in [-0.25, -0.2) is 0 Å². The van der Waals surface area contributed by atoms with Crippen LogP contribution in [0.3, 0.4) is 0 Å². The molecule has 1 fully saturated rings. The molecule has 2 rings (SSSR count). The van der Waals surface area contributed by atoms with E-state index in [1.165, 1.54) is 0 Å². The van der Waals surface area contributed by atoms with Gasteiger partial charge in [0.05, 0.1) is 0 Å². The Kier molecular flexibility index (Phi) is 7.34. The SMILES string of the molecule is Cl.NCC1CCCC1NC(=O)COc1cccc(Br)c1. The molecule has 2 unspecified atom stereocenters. The molecule has 0 spiro atoms. The third-order valence-electron chi connectivity index (χ3n) is 3.47. The van der Waals surface area contributed by atoms with Crippen LogP contribution in [0.5, 0.6) is 5.75 Å². The van der Waals surface area contributed by atoms with Crippen LogP contribution in [-0.4, -0.2) is 25.1 Å². The first-order valence-electron chi connectivity index (χ1n) is 6.57. The van der Waals surface area contributed by atoms with E-state index in [0.717, 1.165) is 23.7 Å². The molecule has 0 heterocycles. The highest BCUT2D eigenvalue weighted by molar-refractivity contribution is 9.10. The third kappa shape index (κ3) is 4.96. The van der Waals surface area contributed by atoms with Crippen molar-refractivity contribution in [2.24, 2.45) is 11.7 Å². The lowest BCUT2D eigenvalue weighted by Gasteiger charge is -2.19. The number of benzene rings is 1. The molecule has 3 N–H and O–H groups in total. The second-order valence-electron chi connectivity index (χ2n) is 4.85. The minimum atomic E-state index is -0.0784. The number of carbonyl (C=O) groups is 1. The number of rotatable bonds is 5. The molecule has 112 valence electrons. The third-order valence-corrected chi connectivity index (χ3v) is 3.97. The van der Waals surface area contributed by atoms with Gasteiger partial charge < -0.3 is 15.8 Å². The van der Waals surface area contributed by atoms with Gasteiger partial charge in [-0.05, 0) is 43.5 Å². The van der Waals surface area contributed by atoms with E-state index in [1.54, 1.807) is 0 Å². The number of hydrogen-bond acceptors (Lipinski definition) is 3. The van der Waals surface area contributed by atoms with Gasteiger partial charge >= 0.3 is 0 Å². The molecule has 0 bridgehead atoms. The summed E-state index contributed by atoms with van der Waals surface area (Å²) >= 11 is 3.36. The van der Waals surface area contributed by atoms with Crippen molar-refractivity contribution in [2.45, 2.75) is 25.3 Å². The Bertz CT molecular complexity index is 445. The van der Waals surface area contributed by atoms with E-state index in [1.807, 2.05) is 24.3 Å². The zero-order valence-electron chi connectivity index (χ0n) is 11.2. The fourth-order valence-corrected chi connectivity index (χ4v) is 2.84. The van der Waals surface area contributed by atoms with Crippen LogP contribution in [0.15, 0.2) is 28.7 Å². The second-order valence-corrected chi connectivity index (χ2v) is 5.76. The molecule has 0 aliphatic heterocycles. The quantitative estimate of drug-likeness (QED) is 0.845. The summed E-state index contributed by atoms with van der Waals surface area (Å²) in [6.45, 7) is 0.682. The molecular formula is C14H20BrClN2O2. The molecule has 1 aromatic carbocycles. The Morgan fingerprint density at radius 3 is 2.95 bits per heavy atom. The summed E-state index contributed by atoms with van der Waals surface area (Å²) in [5, 5.41) is 3.01. The molecule has 1 saturated carbocycles. The van der Waals surface area contributed by atoms with Crippen molar-refractivity contribution in [3.8, 4) is 5.75 Å². The smallest absolute Gasteiger partial charge is 0.258 e. The van der Waals surface area contributed by atoms with Crippen molar-refractivity contribution in [1.82, 2.24) is 5.32 Å². The topological polar surface area (TPSA) is 64.3 Å². The molecule has 1 amide bonds. The Morgan fingerprint density at radius 2 is 2.25 bits per heavy atom. The van der Waals surface area contributed by atoms with Crippen LogP contribution in [0.4, 0.5) is 0 Å². The summed E-state index contributed by atoms with van der Waals surface area (Å²) in [5.74, 6) is 1.02. The van der Waals surface area contributed by atoms with Crippen molar-refractivity contribution in [3.05, 3.63) is 28.7 Å². The maximum Gasteiger partial charge on any atom is 0.258 e. The lowest BCUT2D eigenvalue weighted by molar-refractivity contribution is -0.124. The molecule has 1 aromatic rings. The summed E-state index contributed by atoms with van der Waals surface area (Å²) in [6, 6.07) is 7.67. The van der Waals surface area contributed by atoms with Crippen molar-refractivity contribution in [3.63, 3.8) is 0 Å². The van der Waals surface area contributed by atoms with Crippen molar-refractivity contribution >= 4 is 34.2 Å². The minimum absolute atomic E-state index is 0. The van der Waals surface area contributed by atoms with Gasteiger partial charge in [0.25, 0.3) is 5.91 Å². The van der Waals surface area contributed by atoms with E-state index in [9.17, 15) is 4.79 Å². The molecule has 0 radical (unpaired) electrons. The van der Waals surface area contributed by atoms with Gasteiger partial charge in [0.15, 0.2) is 6.61 Å². The zero-order valence-corrected chi connectivity index (χ0v) is 13.6. The Morgan fingerprint density at radius 1 is 1.45 bits per heavy atom. The van der Waals surface area contributed by atoms with Crippen LogP contribution in [0, 0.1) is 5.92 Å². The van der Waals surface area contributed by atoms with Gasteiger partial charge in [-0.2, -0.15) is 0 Å². The monoisotopic (exact) mass is 362 g/mol. The molecule has 0 saturated heterocycles.